The number of hydrogen-bond acceptors (Lipinski definition) is 11. The van der Waals surface area contributed by atoms with Crippen LogP contribution in [-0.4, -0.2) is 57.2 Å². The second-order valence-corrected chi connectivity index (χ2v) is 11.0. The molecule has 2 heterocycles. The molecule has 1 aliphatic rings. The molecular formula is C34H38N2O9S. The molecule has 0 unspecified atom stereocenters. The number of ether oxygens (including phenoxy) is 6. The van der Waals surface area contributed by atoms with Crippen molar-refractivity contribution in [3.05, 3.63) is 90.6 Å². The van der Waals surface area contributed by atoms with Crippen molar-refractivity contribution < 1.29 is 38.0 Å². The third-order valence-corrected chi connectivity index (χ3v) is 7.98. The lowest BCUT2D eigenvalue weighted by Gasteiger charge is -2.25. The van der Waals surface area contributed by atoms with Gasteiger partial charge in [-0.05, 0) is 75.6 Å². The summed E-state index contributed by atoms with van der Waals surface area (Å²) in [6, 6.07) is 7.91. The first-order valence-corrected chi connectivity index (χ1v) is 15.6. The van der Waals surface area contributed by atoms with Crippen molar-refractivity contribution >= 4 is 29.4 Å². The Morgan fingerprint density at radius 3 is 2.39 bits per heavy atom. The van der Waals surface area contributed by atoms with E-state index in [0.29, 0.717) is 63.2 Å². The maximum Gasteiger partial charge on any atom is 0.343 e. The van der Waals surface area contributed by atoms with Crippen molar-refractivity contribution in [2.45, 2.75) is 40.2 Å². The molecule has 1 aliphatic heterocycles. The second-order valence-electron chi connectivity index (χ2n) is 9.94. The SMILES string of the molecule is C=CCc1cc(/C=c2\sc3n(c2=O)[C@H](c2ccc(OCC(=O)OC)c(OCC)c2)C(C(=O)OCC)=C(C)N=3)cc(OCC)c1OC. The van der Waals surface area contributed by atoms with Crippen molar-refractivity contribution in [2.75, 3.05) is 40.6 Å². The maximum atomic E-state index is 14.2. The summed E-state index contributed by atoms with van der Waals surface area (Å²) >= 11 is 1.21. The summed E-state index contributed by atoms with van der Waals surface area (Å²) in [7, 11) is 2.85. The number of aromatic nitrogens is 1. The number of esters is 2. The van der Waals surface area contributed by atoms with Crippen LogP contribution in [0.3, 0.4) is 0 Å². The number of thiazole rings is 1. The van der Waals surface area contributed by atoms with Gasteiger partial charge in [-0.2, -0.15) is 0 Å². The second kappa shape index (κ2) is 15.4. The highest BCUT2D eigenvalue weighted by atomic mass is 32.1. The van der Waals surface area contributed by atoms with Crippen LogP contribution in [0.2, 0.25) is 0 Å². The van der Waals surface area contributed by atoms with Crippen molar-refractivity contribution in [3.8, 4) is 23.0 Å². The first kappa shape index (κ1) is 34.0. The highest BCUT2D eigenvalue weighted by molar-refractivity contribution is 7.07. The smallest absolute Gasteiger partial charge is 0.343 e. The van der Waals surface area contributed by atoms with E-state index < -0.39 is 18.0 Å². The first-order chi connectivity index (χ1) is 22.2. The Morgan fingerprint density at radius 2 is 1.74 bits per heavy atom. The summed E-state index contributed by atoms with van der Waals surface area (Å²) in [5.74, 6) is 0.669. The summed E-state index contributed by atoms with van der Waals surface area (Å²) in [6.07, 6.45) is 4.08. The number of carbonyl (C=O) groups is 2. The molecule has 0 saturated heterocycles. The molecule has 0 amide bonds. The zero-order valence-electron chi connectivity index (χ0n) is 26.8. The Bertz CT molecular complexity index is 1840. The minimum absolute atomic E-state index is 0.143. The molecular weight excluding hydrogens is 612 g/mol. The predicted molar refractivity (Wildman–Crippen MR) is 174 cm³/mol. The van der Waals surface area contributed by atoms with E-state index in [1.165, 1.54) is 23.0 Å². The van der Waals surface area contributed by atoms with Crippen molar-refractivity contribution in [1.82, 2.24) is 4.57 Å². The van der Waals surface area contributed by atoms with Gasteiger partial charge >= 0.3 is 11.9 Å². The van der Waals surface area contributed by atoms with Crippen LogP contribution in [0, 0.1) is 0 Å². The van der Waals surface area contributed by atoms with Gasteiger partial charge in [0.15, 0.2) is 34.4 Å². The Hall–Kier alpha value is -4.84. The minimum atomic E-state index is -0.877. The van der Waals surface area contributed by atoms with Crippen LogP contribution in [0.5, 0.6) is 23.0 Å². The van der Waals surface area contributed by atoms with Gasteiger partial charge in [0.05, 0.1) is 55.9 Å². The normalized spacial score (nSPS) is 14.2. The van der Waals surface area contributed by atoms with Crippen LogP contribution in [0.4, 0.5) is 0 Å². The molecule has 0 N–H and O–H groups in total. The van der Waals surface area contributed by atoms with Crippen LogP contribution >= 0.6 is 11.3 Å². The number of methoxy groups -OCH3 is 2. The van der Waals surface area contributed by atoms with Gasteiger partial charge in [0.25, 0.3) is 5.56 Å². The standard InChI is InChI=1S/C34H38N2O9S/c1-8-12-23-15-21(16-26(43-10-3)31(23)41-7)17-27-32(38)36-30(29(33(39)44-11-4)20(5)35-34(36)46-27)22-13-14-24(25(18-22)42-9-2)45-19-28(37)40-6/h8,13-18,30H,1,9-12,19H2,2-7H3/b27-17-/t30-/m1/s1. The molecule has 0 fully saturated rings. The molecule has 244 valence electrons. The van der Waals surface area contributed by atoms with Gasteiger partial charge in [-0.15, -0.1) is 6.58 Å². The van der Waals surface area contributed by atoms with Gasteiger partial charge in [-0.1, -0.05) is 23.5 Å². The van der Waals surface area contributed by atoms with Crippen LogP contribution in [0.25, 0.3) is 6.08 Å². The molecule has 0 aliphatic carbocycles. The van der Waals surface area contributed by atoms with E-state index in [-0.39, 0.29) is 24.3 Å². The number of fused-ring (bicyclic) bond motifs is 1. The van der Waals surface area contributed by atoms with E-state index in [9.17, 15) is 14.4 Å². The fourth-order valence-corrected chi connectivity index (χ4v) is 6.15. The summed E-state index contributed by atoms with van der Waals surface area (Å²) in [5.41, 5.74) is 2.47. The number of allylic oxidation sites excluding steroid dienone is 2. The Morgan fingerprint density at radius 1 is 1.00 bits per heavy atom. The van der Waals surface area contributed by atoms with Crippen LogP contribution in [0.1, 0.15) is 50.4 Å². The molecule has 0 radical (unpaired) electrons. The van der Waals surface area contributed by atoms with E-state index >= 15 is 0 Å². The molecule has 0 saturated carbocycles. The molecule has 4 rings (SSSR count). The Kier molecular flexibility index (Phi) is 11.4. The molecule has 46 heavy (non-hydrogen) atoms. The highest BCUT2D eigenvalue weighted by Crippen LogP contribution is 2.37. The average molecular weight is 651 g/mol. The van der Waals surface area contributed by atoms with E-state index in [2.05, 4.69) is 16.3 Å². The highest BCUT2D eigenvalue weighted by Gasteiger charge is 2.34. The van der Waals surface area contributed by atoms with Crippen molar-refractivity contribution in [2.24, 2.45) is 4.99 Å². The zero-order chi connectivity index (χ0) is 33.4. The maximum absolute atomic E-state index is 14.2. The van der Waals surface area contributed by atoms with Crippen LogP contribution in [-0.2, 0) is 25.5 Å². The fourth-order valence-electron chi connectivity index (χ4n) is 5.10. The fraction of sp³-hybridized carbons (Fsp3) is 0.353. The summed E-state index contributed by atoms with van der Waals surface area (Å²) in [4.78, 5) is 44.3. The lowest BCUT2D eigenvalue weighted by Crippen LogP contribution is -2.40. The Balaban J connectivity index is 1.93. The largest absolute Gasteiger partial charge is 0.493 e. The summed E-state index contributed by atoms with van der Waals surface area (Å²) in [6.45, 7) is 11.5. The van der Waals surface area contributed by atoms with E-state index in [1.807, 2.05) is 26.0 Å². The number of carbonyl (C=O) groups excluding carboxylic acids is 2. The molecule has 3 aromatic rings. The molecule has 0 spiro atoms. The van der Waals surface area contributed by atoms with Gasteiger partial charge in [0.1, 0.15) is 0 Å². The molecule has 1 atom stereocenters. The van der Waals surface area contributed by atoms with E-state index in [4.69, 9.17) is 23.7 Å². The number of hydrogen-bond donors (Lipinski definition) is 0. The summed E-state index contributed by atoms with van der Waals surface area (Å²) in [5, 5.41) is 0. The molecule has 12 heteroatoms. The molecule has 2 aromatic carbocycles. The summed E-state index contributed by atoms with van der Waals surface area (Å²) < 4.78 is 34.9. The lowest BCUT2D eigenvalue weighted by molar-refractivity contribution is -0.143. The number of nitrogens with zero attached hydrogens (tertiary/aromatic N) is 2. The van der Waals surface area contributed by atoms with Crippen LogP contribution in [0.15, 0.2) is 64.0 Å². The monoisotopic (exact) mass is 650 g/mol. The van der Waals surface area contributed by atoms with Crippen molar-refractivity contribution in [3.63, 3.8) is 0 Å². The number of rotatable bonds is 14. The van der Waals surface area contributed by atoms with Gasteiger partial charge in [-0.25, -0.2) is 14.6 Å². The van der Waals surface area contributed by atoms with Gasteiger partial charge < -0.3 is 28.4 Å². The Labute approximate surface area is 271 Å². The van der Waals surface area contributed by atoms with E-state index in [0.717, 1.165) is 11.1 Å². The lowest BCUT2D eigenvalue weighted by atomic mass is 9.95. The number of benzene rings is 2. The molecule has 1 aromatic heterocycles. The minimum Gasteiger partial charge on any atom is -0.493 e. The van der Waals surface area contributed by atoms with E-state index in [1.54, 1.807) is 51.3 Å². The first-order valence-electron chi connectivity index (χ1n) is 14.8. The predicted octanol–water partition coefficient (Wildman–Crippen LogP) is 3.88. The quantitative estimate of drug-likeness (QED) is 0.189. The van der Waals surface area contributed by atoms with Gasteiger partial charge in [-0.3, -0.25) is 9.36 Å². The topological polar surface area (TPSA) is 124 Å². The van der Waals surface area contributed by atoms with Crippen molar-refractivity contribution in [1.29, 1.82) is 0 Å². The van der Waals surface area contributed by atoms with Gasteiger partial charge in [0.2, 0.25) is 0 Å². The third kappa shape index (κ3) is 7.17. The van der Waals surface area contributed by atoms with Crippen LogP contribution < -0.4 is 33.8 Å². The third-order valence-electron chi connectivity index (χ3n) is 6.99. The molecule has 11 nitrogen and oxygen atoms in total. The van der Waals surface area contributed by atoms with Gasteiger partial charge in [0, 0.05) is 5.56 Å². The average Bonchev–Trinajstić information content (AvgIpc) is 3.33. The zero-order valence-corrected chi connectivity index (χ0v) is 27.7. The molecule has 0 bridgehead atoms.